The predicted octanol–water partition coefficient (Wildman–Crippen LogP) is 1.59. The number of rotatable bonds is 4. The van der Waals surface area contributed by atoms with Crippen LogP contribution >= 0.6 is 0 Å². The van der Waals surface area contributed by atoms with Gasteiger partial charge < -0.3 is 10.1 Å². The summed E-state index contributed by atoms with van der Waals surface area (Å²) in [4.78, 5) is 36.0. The molecule has 0 fully saturated rings. The summed E-state index contributed by atoms with van der Waals surface area (Å²) >= 11 is 0. The lowest BCUT2D eigenvalue weighted by Crippen LogP contribution is -2.50. The molecule has 0 saturated heterocycles. The van der Waals surface area contributed by atoms with Gasteiger partial charge in [0.2, 0.25) is 0 Å². The molecule has 1 aromatic rings. The van der Waals surface area contributed by atoms with E-state index >= 15 is 0 Å². The number of hydrogen-bond donors (Lipinski definition) is 2. The summed E-state index contributed by atoms with van der Waals surface area (Å²) in [5, 5.41) is 4.68. The molecule has 2 N–H and O–H groups in total. The molecule has 2 unspecified atom stereocenters. The van der Waals surface area contributed by atoms with Gasteiger partial charge in [0.1, 0.15) is 0 Å². The van der Waals surface area contributed by atoms with Crippen LogP contribution in [0.1, 0.15) is 38.1 Å². The quantitative estimate of drug-likeness (QED) is 0.800. The first-order valence-corrected chi connectivity index (χ1v) is 8.83. The van der Waals surface area contributed by atoms with Crippen LogP contribution < -0.4 is 10.6 Å². The molecule has 0 saturated carbocycles. The molecular weight excluding hydrogens is 332 g/mol. The Morgan fingerprint density at radius 3 is 2.12 bits per heavy atom. The average Bonchev–Trinajstić information content (AvgIpc) is 2.44. The summed E-state index contributed by atoms with van der Waals surface area (Å²) in [6.07, 6.45) is 0.394. The third-order valence-corrected chi connectivity index (χ3v) is 3.74. The second-order valence-corrected chi connectivity index (χ2v) is 7.60. The Labute approximate surface area is 143 Å². The van der Waals surface area contributed by atoms with Gasteiger partial charge in [0, 0.05) is 27.5 Å². The average molecular weight is 354 g/mol. The van der Waals surface area contributed by atoms with Gasteiger partial charge in [-0.1, -0.05) is 0 Å². The Morgan fingerprint density at radius 2 is 1.67 bits per heavy atom. The first kappa shape index (κ1) is 19.8. The first-order valence-electron chi connectivity index (χ1n) is 7.27. The molecule has 0 bridgehead atoms. The van der Waals surface area contributed by atoms with Gasteiger partial charge in [-0.15, -0.1) is 0 Å². The second kappa shape index (κ2) is 8.05. The van der Waals surface area contributed by atoms with E-state index < -0.39 is 40.4 Å². The maximum absolute atomic E-state index is 12.0. The second-order valence-electron chi connectivity index (χ2n) is 6.22. The van der Waals surface area contributed by atoms with Crippen molar-refractivity contribution in [1.82, 2.24) is 10.6 Å². The molecule has 0 aliphatic heterocycles. The highest BCUT2D eigenvalue weighted by Crippen LogP contribution is 2.10. The van der Waals surface area contributed by atoms with Crippen molar-refractivity contribution < 1.29 is 23.3 Å². The third-order valence-electron chi connectivity index (χ3n) is 2.80. The molecule has 0 aliphatic carbocycles. The summed E-state index contributed by atoms with van der Waals surface area (Å²) in [5.74, 6) is -1.43. The standard InChI is InChI=1S/C16H22N2O5S/c1-10(13(19)17-15(21)18-16(2,3)4)23-14(20)11-6-8-12(9-7-11)24(5)22/h6-10H,1-5H3,(H2,17,18,19,21). The molecule has 0 radical (unpaired) electrons. The molecule has 7 nitrogen and oxygen atoms in total. The minimum atomic E-state index is -1.14. The van der Waals surface area contributed by atoms with Crippen LogP contribution in [0.2, 0.25) is 0 Å². The zero-order valence-electron chi connectivity index (χ0n) is 14.3. The molecule has 2 atom stereocenters. The SMILES string of the molecule is CC(OC(=O)c1ccc(S(C)=O)cc1)C(=O)NC(=O)NC(C)(C)C. The van der Waals surface area contributed by atoms with E-state index in [0.717, 1.165) is 0 Å². The Hall–Kier alpha value is -2.22. The van der Waals surface area contributed by atoms with E-state index in [1.54, 1.807) is 32.9 Å². The largest absolute Gasteiger partial charge is 0.449 e. The molecule has 1 rings (SSSR count). The van der Waals surface area contributed by atoms with Crippen molar-refractivity contribution in [2.24, 2.45) is 0 Å². The number of carbonyl (C=O) groups excluding carboxylic acids is 3. The normalized spacial score (nSPS) is 13.5. The van der Waals surface area contributed by atoms with Crippen LogP contribution in [-0.4, -0.2) is 40.0 Å². The number of esters is 1. The van der Waals surface area contributed by atoms with Crippen LogP contribution in [-0.2, 0) is 20.3 Å². The topological polar surface area (TPSA) is 102 Å². The lowest BCUT2D eigenvalue weighted by atomic mass is 10.1. The first-order chi connectivity index (χ1) is 11.0. The van der Waals surface area contributed by atoms with Gasteiger partial charge in [0.25, 0.3) is 5.91 Å². The number of imide groups is 1. The minimum Gasteiger partial charge on any atom is -0.449 e. The lowest BCUT2D eigenvalue weighted by Gasteiger charge is -2.21. The molecule has 0 spiro atoms. The van der Waals surface area contributed by atoms with E-state index in [1.807, 2.05) is 0 Å². The Kier molecular flexibility index (Phi) is 6.65. The maximum Gasteiger partial charge on any atom is 0.338 e. The highest BCUT2D eigenvalue weighted by molar-refractivity contribution is 7.84. The molecule has 1 aromatic carbocycles. The maximum atomic E-state index is 12.0. The van der Waals surface area contributed by atoms with E-state index in [2.05, 4.69) is 10.6 Å². The van der Waals surface area contributed by atoms with Gasteiger partial charge in [0.15, 0.2) is 6.10 Å². The number of ether oxygens (including phenoxy) is 1. The fraction of sp³-hybridized carbons (Fsp3) is 0.438. The van der Waals surface area contributed by atoms with Crippen LogP contribution in [0.4, 0.5) is 4.79 Å². The van der Waals surface area contributed by atoms with Gasteiger partial charge in [-0.3, -0.25) is 14.3 Å². The zero-order valence-corrected chi connectivity index (χ0v) is 15.2. The highest BCUT2D eigenvalue weighted by Gasteiger charge is 2.22. The van der Waals surface area contributed by atoms with Crippen molar-refractivity contribution in [3.8, 4) is 0 Å². The zero-order chi connectivity index (χ0) is 18.5. The van der Waals surface area contributed by atoms with Crippen molar-refractivity contribution in [3.63, 3.8) is 0 Å². The van der Waals surface area contributed by atoms with Gasteiger partial charge in [-0.05, 0) is 52.0 Å². The number of amides is 3. The summed E-state index contributed by atoms with van der Waals surface area (Å²) < 4.78 is 16.3. The van der Waals surface area contributed by atoms with Crippen LogP contribution in [0.5, 0.6) is 0 Å². The molecule has 0 heterocycles. The molecule has 0 aliphatic rings. The van der Waals surface area contributed by atoms with Crippen molar-refractivity contribution in [3.05, 3.63) is 29.8 Å². The van der Waals surface area contributed by atoms with E-state index in [9.17, 15) is 18.6 Å². The van der Waals surface area contributed by atoms with Crippen molar-refractivity contribution in [2.45, 2.75) is 44.2 Å². The highest BCUT2D eigenvalue weighted by atomic mass is 32.2. The van der Waals surface area contributed by atoms with Gasteiger partial charge in [0.05, 0.1) is 5.56 Å². The third kappa shape index (κ3) is 6.49. The van der Waals surface area contributed by atoms with Crippen LogP contribution in [0.3, 0.4) is 0 Å². The van der Waals surface area contributed by atoms with Gasteiger partial charge >= 0.3 is 12.0 Å². The predicted molar refractivity (Wildman–Crippen MR) is 90.1 cm³/mol. The fourth-order valence-corrected chi connectivity index (χ4v) is 2.17. The lowest BCUT2D eigenvalue weighted by molar-refractivity contribution is -0.127. The number of hydrogen-bond acceptors (Lipinski definition) is 5. The van der Waals surface area contributed by atoms with Crippen LogP contribution in [0, 0.1) is 0 Å². The number of urea groups is 1. The molecule has 3 amide bonds. The van der Waals surface area contributed by atoms with Crippen LogP contribution in [0.25, 0.3) is 0 Å². The Balaban J connectivity index is 2.61. The van der Waals surface area contributed by atoms with Gasteiger partial charge in [-0.2, -0.15) is 0 Å². The van der Waals surface area contributed by atoms with Crippen molar-refractivity contribution in [2.75, 3.05) is 6.26 Å². The fourth-order valence-electron chi connectivity index (χ4n) is 1.65. The van der Waals surface area contributed by atoms with Gasteiger partial charge in [-0.25, -0.2) is 9.59 Å². The Bertz CT molecular complexity index is 649. The Morgan fingerprint density at radius 1 is 1.12 bits per heavy atom. The van der Waals surface area contributed by atoms with Crippen molar-refractivity contribution in [1.29, 1.82) is 0 Å². The number of nitrogens with one attached hydrogen (secondary N) is 2. The van der Waals surface area contributed by atoms with E-state index in [0.29, 0.717) is 4.90 Å². The van der Waals surface area contributed by atoms with E-state index in [4.69, 9.17) is 4.74 Å². The van der Waals surface area contributed by atoms with Crippen molar-refractivity contribution >= 4 is 28.7 Å². The summed E-state index contributed by atoms with van der Waals surface area (Å²) in [7, 11) is -1.14. The smallest absolute Gasteiger partial charge is 0.338 e. The minimum absolute atomic E-state index is 0.225. The summed E-state index contributed by atoms with van der Waals surface area (Å²) in [5.41, 5.74) is -0.270. The molecule has 24 heavy (non-hydrogen) atoms. The van der Waals surface area contributed by atoms with Crippen LogP contribution in [0.15, 0.2) is 29.2 Å². The number of carbonyl (C=O) groups is 3. The molecule has 8 heteroatoms. The summed E-state index contributed by atoms with van der Waals surface area (Å²) in [6, 6.07) is 5.37. The summed E-state index contributed by atoms with van der Waals surface area (Å²) in [6.45, 7) is 6.68. The monoisotopic (exact) mass is 354 g/mol. The molecule has 0 aromatic heterocycles. The molecular formula is C16H22N2O5S. The van der Waals surface area contributed by atoms with E-state index in [1.165, 1.54) is 25.3 Å². The molecule has 132 valence electrons. The number of benzene rings is 1. The van der Waals surface area contributed by atoms with E-state index in [-0.39, 0.29) is 5.56 Å².